The van der Waals surface area contributed by atoms with E-state index in [2.05, 4.69) is 0 Å². The topological polar surface area (TPSA) is 30.2 Å². The molecule has 0 unspecified atom stereocenters. The van der Waals surface area contributed by atoms with Crippen molar-refractivity contribution in [3.05, 3.63) is 42.2 Å². The number of hydrogen-bond acceptors (Lipinski definition) is 2. The molecule has 0 aliphatic rings. The summed E-state index contributed by atoms with van der Waals surface area (Å²) in [5.41, 5.74) is 1.84. The van der Waals surface area contributed by atoms with Gasteiger partial charge >= 0.3 is 0 Å². The molecule has 0 fully saturated rings. The monoisotopic (exact) mass is 172 g/mol. The van der Waals surface area contributed by atoms with E-state index in [9.17, 15) is 4.79 Å². The van der Waals surface area contributed by atoms with Crippen LogP contribution in [0.1, 0.15) is 5.56 Å². The van der Waals surface area contributed by atoms with Gasteiger partial charge in [0.15, 0.2) is 0 Å². The lowest BCUT2D eigenvalue weighted by atomic mass is 10.1. The van der Waals surface area contributed by atoms with Crippen molar-refractivity contribution in [2.75, 3.05) is 0 Å². The average molecular weight is 172 g/mol. The number of allylic oxidation sites excluding steroid dienone is 1. The normalized spacial score (nSPS) is 11.1. The number of furan rings is 1. The summed E-state index contributed by atoms with van der Waals surface area (Å²) in [6.07, 6.45) is 5.65. The minimum atomic E-state index is 0.763. The molecule has 0 radical (unpaired) electrons. The van der Waals surface area contributed by atoms with Crippen molar-refractivity contribution in [2.45, 2.75) is 0 Å². The van der Waals surface area contributed by atoms with E-state index in [4.69, 9.17) is 4.42 Å². The Labute approximate surface area is 75.5 Å². The molecule has 0 saturated heterocycles. The predicted molar refractivity (Wildman–Crippen MR) is 51.3 cm³/mol. The van der Waals surface area contributed by atoms with Crippen LogP contribution in [0.15, 0.2) is 41.0 Å². The maximum Gasteiger partial charge on any atom is 0.142 e. The summed E-state index contributed by atoms with van der Waals surface area (Å²) in [6, 6.07) is 7.63. The highest BCUT2D eigenvalue weighted by molar-refractivity contribution is 5.89. The number of carbonyl (C=O) groups is 1. The van der Waals surface area contributed by atoms with Gasteiger partial charge in [-0.2, -0.15) is 0 Å². The molecule has 0 aliphatic heterocycles. The molecule has 2 rings (SSSR count). The van der Waals surface area contributed by atoms with Crippen LogP contribution in [0.25, 0.3) is 17.0 Å². The van der Waals surface area contributed by atoms with E-state index in [-0.39, 0.29) is 0 Å². The largest absolute Gasteiger partial charge is 0.464 e. The zero-order valence-corrected chi connectivity index (χ0v) is 6.94. The van der Waals surface area contributed by atoms with Crippen molar-refractivity contribution in [1.82, 2.24) is 0 Å². The number of rotatable bonds is 2. The highest BCUT2D eigenvalue weighted by Crippen LogP contribution is 2.20. The fraction of sp³-hybridized carbons (Fsp3) is 0. The summed E-state index contributed by atoms with van der Waals surface area (Å²) in [5, 5.41) is 1.03. The third-order valence-corrected chi connectivity index (χ3v) is 1.88. The Kier molecular flexibility index (Phi) is 1.96. The van der Waals surface area contributed by atoms with Gasteiger partial charge in [-0.25, -0.2) is 0 Å². The van der Waals surface area contributed by atoms with E-state index < -0.39 is 0 Å². The lowest BCUT2D eigenvalue weighted by Crippen LogP contribution is -1.72. The minimum absolute atomic E-state index is 0.763. The Balaban J connectivity index is 2.60. The summed E-state index contributed by atoms with van der Waals surface area (Å²) in [4.78, 5) is 10.1. The smallest absolute Gasteiger partial charge is 0.142 e. The molecule has 2 heteroatoms. The fourth-order valence-electron chi connectivity index (χ4n) is 1.31. The predicted octanol–water partition coefficient (Wildman–Crippen LogP) is 2.64. The number of benzene rings is 1. The van der Waals surface area contributed by atoms with Crippen LogP contribution in [0.5, 0.6) is 0 Å². The molecule has 0 atom stereocenters. The second kappa shape index (κ2) is 3.27. The maximum atomic E-state index is 10.1. The second-order valence-corrected chi connectivity index (χ2v) is 2.67. The van der Waals surface area contributed by atoms with Gasteiger partial charge in [0.25, 0.3) is 0 Å². The zero-order valence-electron chi connectivity index (χ0n) is 6.94. The van der Waals surface area contributed by atoms with Gasteiger partial charge < -0.3 is 4.42 Å². The Hall–Kier alpha value is -1.83. The van der Waals surface area contributed by atoms with E-state index in [0.29, 0.717) is 0 Å². The molecule has 0 N–H and O–H groups in total. The molecule has 64 valence electrons. The first-order valence-electron chi connectivity index (χ1n) is 4.00. The number of aldehydes is 1. The molecule has 0 aliphatic carbocycles. The lowest BCUT2D eigenvalue weighted by molar-refractivity contribution is -0.104. The number of carbonyl (C=O) groups excluding carboxylic acids is 1. The van der Waals surface area contributed by atoms with E-state index in [1.165, 1.54) is 6.08 Å². The van der Waals surface area contributed by atoms with Gasteiger partial charge in [0.2, 0.25) is 0 Å². The van der Waals surface area contributed by atoms with Crippen LogP contribution in [-0.4, -0.2) is 6.29 Å². The maximum absolute atomic E-state index is 10.1. The van der Waals surface area contributed by atoms with Crippen LogP contribution < -0.4 is 0 Å². The highest BCUT2D eigenvalue weighted by atomic mass is 16.3. The zero-order chi connectivity index (χ0) is 9.10. The number of fused-ring (bicyclic) bond motifs is 1. The molecular weight excluding hydrogens is 164 g/mol. The van der Waals surface area contributed by atoms with E-state index >= 15 is 0 Å². The van der Waals surface area contributed by atoms with Crippen molar-refractivity contribution in [1.29, 1.82) is 0 Å². The van der Waals surface area contributed by atoms with E-state index in [1.807, 2.05) is 24.3 Å². The molecule has 0 saturated carbocycles. The Morgan fingerprint density at radius 3 is 3.00 bits per heavy atom. The second-order valence-electron chi connectivity index (χ2n) is 2.67. The van der Waals surface area contributed by atoms with E-state index in [1.54, 1.807) is 12.3 Å². The average Bonchev–Trinajstić information content (AvgIpc) is 2.62. The fourth-order valence-corrected chi connectivity index (χ4v) is 1.31. The molecule has 0 amide bonds. The van der Waals surface area contributed by atoms with Crippen molar-refractivity contribution < 1.29 is 9.21 Å². The third-order valence-electron chi connectivity index (χ3n) is 1.88. The third kappa shape index (κ3) is 1.38. The van der Waals surface area contributed by atoms with Crippen LogP contribution in [0.2, 0.25) is 0 Å². The van der Waals surface area contributed by atoms with Crippen molar-refractivity contribution >= 4 is 23.3 Å². The first-order valence-corrected chi connectivity index (χ1v) is 4.00. The van der Waals surface area contributed by atoms with Gasteiger partial charge in [-0.1, -0.05) is 18.2 Å². The van der Waals surface area contributed by atoms with Crippen LogP contribution >= 0.6 is 0 Å². The summed E-state index contributed by atoms with van der Waals surface area (Å²) < 4.78 is 5.22. The Morgan fingerprint density at radius 1 is 1.23 bits per heavy atom. The lowest BCUT2D eigenvalue weighted by Gasteiger charge is -1.93. The van der Waals surface area contributed by atoms with Crippen LogP contribution in [-0.2, 0) is 4.79 Å². The molecule has 1 aromatic carbocycles. The highest BCUT2D eigenvalue weighted by Gasteiger charge is 1.98. The first kappa shape index (κ1) is 7.80. The SMILES string of the molecule is O=CC=Cc1cccc2occc12. The number of hydrogen-bond donors (Lipinski definition) is 0. The van der Waals surface area contributed by atoms with Gasteiger partial charge in [0, 0.05) is 5.39 Å². The summed E-state index contributed by atoms with van der Waals surface area (Å²) in [5.74, 6) is 0. The minimum Gasteiger partial charge on any atom is -0.464 e. The van der Waals surface area contributed by atoms with Gasteiger partial charge in [-0.3, -0.25) is 4.79 Å². The molecule has 2 nitrogen and oxygen atoms in total. The van der Waals surface area contributed by atoms with Crippen molar-refractivity contribution in [2.24, 2.45) is 0 Å². The quantitative estimate of drug-likeness (QED) is 0.515. The van der Waals surface area contributed by atoms with Gasteiger partial charge in [0.1, 0.15) is 11.9 Å². The molecule has 0 spiro atoms. The molecule has 1 heterocycles. The molecule has 0 bridgehead atoms. The molecular formula is C11H8O2. The Morgan fingerprint density at radius 2 is 2.15 bits per heavy atom. The molecule has 13 heavy (non-hydrogen) atoms. The first-order chi connectivity index (χ1) is 6.42. The Bertz CT molecular complexity index is 452. The summed E-state index contributed by atoms with van der Waals surface area (Å²) in [6.45, 7) is 0. The van der Waals surface area contributed by atoms with Crippen molar-refractivity contribution in [3.63, 3.8) is 0 Å². The van der Waals surface area contributed by atoms with Crippen LogP contribution in [0.4, 0.5) is 0 Å². The van der Waals surface area contributed by atoms with E-state index in [0.717, 1.165) is 22.8 Å². The summed E-state index contributed by atoms with van der Waals surface area (Å²) in [7, 11) is 0. The molecule has 2 aromatic rings. The van der Waals surface area contributed by atoms with Crippen LogP contribution in [0.3, 0.4) is 0 Å². The van der Waals surface area contributed by atoms with Gasteiger partial charge in [0.05, 0.1) is 6.26 Å². The standard InChI is InChI=1S/C11H8O2/c12-7-2-4-9-3-1-5-11-10(9)6-8-13-11/h1-8H. The van der Waals surface area contributed by atoms with Crippen molar-refractivity contribution in [3.8, 4) is 0 Å². The summed E-state index contributed by atoms with van der Waals surface area (Å²) >= 11 is 0. The van der Waals surface area contributed by atoms with Gasteiger partial charge in [-0.05, 0) is 23.8 Å². The van der Waals surface area contributed by atoms with Crippen LogP contribution in [0, 0.1) is 0 Å². The van der Waals surface area contributed by atoms with Gasteiger partial charge in [-0.15, -0.1) is 0 Å². The molecule has 1 aromatic heterocycles.